The van der Waals surface area contributed by atoms with Crippen molar-refractivity contribution in [2.24, 2.45) is 0 Å². The summed E-state index contributed by atoms with van der Waals surface area (Å²) < 4.78 is 10.6. The van der Waals surface area contributed by atoms with Gasteiger partial charge in [0.1, 0.15) is 5.75 Å². The van der Waals surface area contributed by atoms with Crippen molar-refractivity contribution in [3.8, 4) is 5.75 Å². The third-order valence-electron chi connectivity index (χ3n) is 3.80. The molecule has 2 rings (SSSR count). The van der Waals surface area contributed by atoms with Crippen LogP contribution in [0.1, 0.15) is 60.0 Å². The van der Waals surface area contributed by atoms with Crippen LogP contribution in [0, 0.1) is 6.92 Å². The molecule has 1 aromatic heterocycles. The first-order valence-electron chi connectivity index (χ1n) is 7.46. The predicted molar refractivity (Wildman–Crippen MR) is 86.4 cm³/mol. The third kappa shape index (κ3) is 3.32. The van der Waals surface area contributed by atoms with Crippen LogP contribution in [0.2, 0.25) is 0 Å². The second-order valence-electron chi connectivity index (χ2n) is 5.78. The molecule has 4 heteroatoms. The van der Waals surface area contributed by atoms with Crippen LogP contribution in [0.3, 0.4) is 0 Å². The fourth-order valence-electron chi connectivity index (χ4n) is 2.56. The Balaban J connectivity index is 2.27. The predicted octanol–water partition coefficient (Wildman–Crippen LogP) is 4.21. The maximum absolute atomic E-state index is 12.1. The van der Waals surface area contributed by atoms with Crippen LogP contribution in [0.4, 0.5) is 0 Å². The number of hydrogen-bond donors (Lipinski definition) is 1. The van der Waals surface area contributed by atoms with E-state index in [0.29, 0.717) is 11.7 Å². The molecule has 0 saturated carbocycles. The number of hydrogen-bond acceptors (Lipinski definition) is 3. The van der Waals surface area contributed by atoms with Gasteiger partial charge in [-0.3, -0.25) is 4.79 Å². The molecule has 0 aliphatic heterocycles. The Bertz CT molecular complexity index is 645. The summed E-state index contributed by atoms with van der Waals surface area (Å²) in [5.74, 6) is 1.35. The third-order valence-corrected chi connectivity index (χ3v) is 3.80. The lowest BCUT2D eigenvalue weighted by Crippen LogP contribution is -2.26. The lowest BCUT2D eigenvalue weighted by Gasteiger charge is -2.20. The lowest BCUT2D eigenvalue weighted by atomic mass is 9.93. The first-order valence-corrected chi connectivity index (χ1v) is 7.46. The monoisotopic (exact) mass is 301 g/mol. The molecule has 4 nitrogen and oxygen atoms in total. The molecule has 2 aromatic rings. The SMILES string of the molecule is COc1cc(C)c([C@H](C)NC(=O)c2ccco2)cc1C(C)C. The highest BCUT2D eigenvalue weighted by molar-refractivity contribution is 5.91. The van der Waals surface area contributed by atoms with Crippen molar-refractivity contribution in [3.05, 3.63) is 53.0 Å². The highest BCUT2D eigenvalue weighted by Gasteiger charge is 2.18. The fourth-order valence-corrected chi connectivity index (χ4v) is 2.56. The second kappa shape index (κ2) is 6.69. The second-order valence-corrected chi connectivity index (χ2v) is 5.78. The standard InChI is InChI=1S/C18H23NO3/c1-11(2)14-10-15(12(3)9-17(14)21-5)13(4)19-18(20)16-7-6-8-22-16/h6-11,13H,1-5H3,(H,19,20)/t13-/m0/s1. The average Bonchev–Trinajstić information content (AvgIpc) is 3.00. The first kappa shape index (κ1) is 16.1. The number of benzene rings is 1. The maximum atomic E-state index is 12.1. The summed E-state index contributed by atoms with van der Waals surface area (Å²) in [7, 11) is 1.68. The number of carbonyl (C=O) groups excluding carboxylic acids is 1. The molecule has 0 aliphatic rings. The van der Waals surface area contributed by atoms with Gasteiger partial charge in [0.2, 0.25) is 0 Å². The zero-order valence-corrected chi connectivity index (χ0v) is 13.8. The number of aryl methyl sites for hydroxylation is 1. The minimum absolute atomic E-state index is 0.110. The van der Waals surface area contributed by atoms with Gasteiger partial charge in [0.05, 0.1) is 19.4 Å². The summed E-state index contributed by atoms with van der Waals surface area (Å²) in [6, 6.07) is 7.39. The highest BCUT2D eigenvalue weighted by Crippen LogP contribution is 2.32. The van der Waals surface area contributed by atoms with Gasteiger partial charge in [0, 0.05) is 0 Å². The zero-order chi connectivity index (χ0) is 16.3. The zero-order valence-electron chi connectivity index (χ0n) is 13.8. The molecular formula is C18H23NO3. The van der Waals surface area contributed by atoms with Gasteiger partial charge in [0.15, 0.2) is 5.76 Å². The number of carbonyl (C=O) groups is 1. The van der Waals surface area contributed by atoms with Crippen LogP contribution in [-0.4, -0.2) is 13.0 Å². The molecule has 1 N–H and O–H groups in total. The van der Waals surface area contributed by atoms with E-state index in [2.05, 4.69) is 25.2 Å². The van der Waals surface area contributed by atoms with E-state index < -0.39 is 0 Å². The van der Waals surface area contributed by atoms with Crippen molar-refractivity contribution >= 4 is 5.91 Å². The van der Waals surface area contributed by atoms with Crippen LogP contribution in [-0.2, 0) is 0 Å². The molecule has 0 fully saturated rings. The Morgan fingerprint density at radius 1 is 1.23 bits per heavy atom. The molecule has 1 atom stereocenters. The Labute approximate surface area is 131 Å². The Morgan fingerprint density at radius 3 is 2.50 bits per heavy atom. The van der Waals surface area contributed by atoms with E-state index in [4.69, 9.17) is 9.15 Å². The van der Waals surface area contributed by atoms with Crippen LogP contribution >= 0.6 is 0 Å². The summed E-state index contributed by atoms with van der Waals surface area (Å²) in [5.41, 5.74) is 3.32. The number of rotatable bonds is 5. The molecule has 0 bridgehead atoms. The van der Waals surface area contributed by atoms with Crippen LogP contribution in [0.15, 0.2) is 34.9 Å². The Hall–Kier alpha value is -2.23. The topological polar surface area (TPSA) is 51.5 Å². The molecule has 1 heterocycles. The van der Waals surface area contributed by atoms with E-state index in [9.17, 15) is 4.79 Å². The van der Waals surface area contributed by atoms with E-state index in [1.165, 1.54) is 6.26 Å². The van der Waals surface area contributed by atoms with Crippen molar-refractivity contribution in [3.63, 3.8) is 0 Å². The summed E-state index contributed by atoms with van der Waals surface area (Å²) in [4.78, 5) is 12.1. The summed E-state index contributed by atoms with van der Waals surface area (Å²) in [6.45, 7) is 8.25. The van der Waals surface area contributed by atoms with E-state index in [0.717, 1.165) is 22.4 Å². The minimum atomic E-state index is -0.209. The molecule has 0 spiro atoms. The van der Waals surface area contributed by atoms with Crippen molar-refractivity contribution < 1.29 is 13.9 Å². The molecule has 118 valence electrons. The molecule has 0 radical (unpaired) electrons. The maximum Gasteiger partial charge on any atom is 0.287 e. The van der Waals surface area contributed by atoms with Crippen molar-refractivity contribution in [1.29, 1.82) is 0 Å². The summed E-state index contributed by atoms with van der Waals surface area (Å²) in [6.07, 6.45) is 1.50. The summed E-state index contributed by atoms with van der Waals surface area (Å²) >= 11 is 0. The number of methoxy groups -OCH3 is 1. The van der Waals surface area contributed by atoms with Crippen LogP contribution < -0.4 is 10.1 Å². The van der Waals surface area contributed by atoms with Gasteiger partial charge in [0.25, 0.3) is 5.91 Å². The van der Waals surface area contributed by atoms with Gasteiger partial charge in [-0.25, -0.2) is 0 Å². The number of amides is 1. The van der Waals surface area contributed by atoms with Crippen LogP contribution in [0.25, 0.3) is 0 Å². The van der Waals surface area contributed by atoms with Crippen LogP contribution in [0.5, 0.6) is 5.75 Å². The largest absolute Gasteiger partial charge is 0.496 e. The number of ether oxygens (including phenoxy) is 1. The first-order chi connectivity index (χ1) is 10.4. The van der Waals surface area contributed by atoms with Crippen molar-refractivity contribution in [2.75, 3.05) is 7.11 Å². The van der Waals surface area contributed by atoms with Crippen molar-refractivity contribution in [1.82, 2.24) is 5.32 Å². The molecule has 1 amide bonds. The lowest BCUT2D eigenvalue weighted by molar-refractivity contribution is 0.0912. The van der Waals surface area contributed by atoms with E-state index in [1.807, 2.05) is 19.9 Å². The molecule has 0 aliphatic carbocycles. The molecule has 0 saturated heterocycles. The molecule has 0 unspecified atom stereocenters. The molecule has 22 heavy (non-hydrogen) atoms. The van der Waals surface area contributed by atoms with Gasteiger partial charge in [-0.15, -0.1) is 0 Å². The highest BCUT2D eigenvalue weighted by atomic mass is 16.5. The fraction of sp³-hybridized carbons (Fsp3) is 0.389. The van der Waals surface area contributed by atoms with Gasteiger partial charge >= 0.3 is 0 Å². The van der Waals surface area contributed by atoms with Gasteiger partial charge in [-0.2, -0.15) is 0 Å². The van der Waals surface area contributed by atoms with E-state index >= 15 is 0 Å². The number of nitrogens with one attached hydrogen (secondary N) is 1. The minimum Gasteiger partial charge on any atom is -0.496 e. The molecular weight excluding hydrogens is 278 g/mol. The van der Waals surface area contributed by atoms with Gasteiger partial charge in [-0.1, -0.05) is 13.8 Å². The van der Waals surface area contributed by atoms with Gasteiger partial charge in [-0.05, 0) is 60.7 Å². The van der Waals surface area contributed by atoms with Gasteiger partial charge < -0.3 is 14.5 Å². The quantitative estimate of drug-likeness (QED) is 0.900. The molecule has 1 aromatic carbocycles. The van der Waals surface area contributed by atoms with E-state index in [-0.39, 0.29) is 11.9 Å². The normalized spacial score (nSPS) is 12.3. The Morgan fingerprint density at radius 2 is 1.95 bits per heavy atom. The van der Waals surface area contributed by atoms with Crippen molar-refractivity contribution in [2.45, 2.75) is 39.7 Å². The number of furan rings is 1. The smallest absolute Gasteiger partial charge is 0.287 e. The average molecular weight is 301 g/mol. The summed E-state index contributed by atoms with van der Waals surface area (Å²) in [5, 5.41) is 2.97. The van der Waals surface area contributed by atoms with E-state index in [1.54, 1.807) is 19.2 Å². The Kier molecular flexibility index (Phi) is 4.91.